The van der Waals surface area contributed by atoms with E-state index in [9.17, 15) is 9.50 Å². The summed E-state index contributed by atoms with van der Waals surface area (Å²) >= 11 is 6.06. The van der Waals surface area contributed by atoms with Gasteiger partial charge in [-0.1, -0.05) is 23.7 Å². The van der Waals surface area contributed by atoms with Crippen molar-refractivity contribution in [3.05, 3.63) is 68.5 Å². The van der Waals surface area contributed by atoms with E-state index in [-0.39, 0.29) is 5.02 Å². The first kappa shape index (κ1) is 15.0. The number of hydrogen-bond donors (Lipinski definition) is 1. The molecule has 0 aliphatic heterocycles. The van der Waals surface area contributed by atoms with Crippen molar-refractivity contribution in [2.75, 3.05) is 0 Å². The lowest BCUT2D eigenvalue weighted by Gasteiger charge is -2.21. The summed E-state index contributed by atoms with van der Waals surface area (Å²) in [5, 5.41) is 10.9. The van der Waals surface area contributed by atoms with Gasteiger partial charge in [0.25, 0.3) is 0 Å². The fraction of sp³-hybridized carbons (Fsp3) is 0.294. The minimum atomic E-state index is -0.846. The number of halogens is 2. The molecule has 2 rings (SSSR count). The van der Waals surface area contributed by atoms with Gasteiger partial charge < -0.3 is 5.11 Å². The molecule has 2 aromatic rings. The summed E-state index contributed by atoms with van der Waals surface area (Å²) in [7, 11) is 0. The summed E-state index contributed by atoms with van der Waals surface area (Å²) in [5.74, 6) is -0.403. The highest BCUT2D eigenvalue weighted by Crippen LogP contribution is 2.34. The van der Waals surface area contributed by atoms with E-state index >= 15 is 0 Å². The molecule has 0 radical (unpaired) electrons. The molecule has 106 valence electrons. The van der Waals surface area contributed by atoms with Gasteiger partial charge in [0, 0.05) is 10.6 Å². The third-order valence-electron chi connectivity index (χ3n) is 3.95. The molecule has 3 heteroatoms. The molecule has 1 N–H and O–H groups in total. The van der Waals surface area contributed by atoms with Gasteiger partial charge in [0.15, 0.2) is 0 Å². The summed E-state index contributed by atoms with van der Waals surface area (Å²) in [4.78, 5) is 0. The lowest BCUT2D eigenvalue weighted by Crippen LogP contribution is -2.08. The molecule has 2 aromatic carbocycles. The first-order valence-electron chi connectivity index (χ1n) is 6.53. The van der Waals surface area contributed by atoms with Crippen molar-refractivity contribution >= 4 is 11.6 Å². The molecule has 0 bridgehead atoms. The highest BCUT2D eigenvalue weighted by Gasteiger charge is 2.20. The van der Waals surface area contributed by atoms with Crippen LogP contribution in [0.5, 0.6) is 0 Å². The van der Waals surface area contributed by atoms with E-state index < -0.39 is 11.9 Å². The third kappa shape index (κ3) is 2.58. The first-order valence-corrected chi connectivity index (χ1v) is 6.91. The molecule has 0 saturated carbocycles. The fourth-order valence-electron chi connectivity index (χ4n) is 2.54. The van der Waals surface area contributed by atoms with Crippen molar-refractivity contribution in [2.45, 2.75) is 33.8 Å². The SMILES string of the molecule is Cc1cc(C)c(C)c(C(O)c2ccc(F)cc2Cl)c1C. The number of hydrogen-bond acceptors (Lipinski definition) is 1. The summed E-state index contributed by atoms with van der Waals surface area (Å²) in [6.07, 6.45) is -0.846. The minimum Gasteiger partial charge on any atom is -0.384 e. The Morgan fingerprint density at radius 1 is 1.00 bits per heavy atom. The number of aliphatic hydroxyl groups excluding tert-OH is 1. The molecule has 0 amide bonds. The minimum absolute atomic E-state index is 0.246. The van der Waals surface area contributed by atoms with Crippen LogP contribution in [0.25, 0.3) is 0 Å². The Morgan fingerprint density at radius 2 is 1.55 bits per heavy atom. The Balaban J connectivity index is 2.62. The van der Waals surface area contributed by atoms with Crippen LogP contribution >= 0.6 is 11.6 Å². The molecule has 0 saturated heterocycles. The maximum absolute atomic E-state index is 13.1. The first-order chi connectivity index (χ1) is 9.32. The van der Waals surface area contributed by atoms with Crippen LogP contribution in [0.15, 0.2) is 24.3 Å². The molecule has 1 atom stereocenters. The van der Waals surface area contributed by atoms with Crippen LogP contribution < -0.4 is 0 Å². The average Bonchev–Trinajstić information content (AvgIpc) is 2.36. The Morgan fingerprint density at radius 3 is 2.05 bits per heavy atom. The number of aryl methyl sites for hydroxylation is 2. The molecule has 0 aliphatic rings. The molecular weight excluding hydrogens is 275 g/mol. The van der Waals surface area contributed by atoms with Gasteiger partial charge >= 0.3 is 0 Å². The second kappa shape index (κ2) is 5.55. The van der Waals surface area contributed by atoms with Gasteiger partial charge in [-0.2, -0.15) is 0 Å². The quantitative estimate of drug-likeness (QED) is 0.843. The zero-order valence-electron chi connectivity index (χ0n) is 12.1. The average molecular weight is 293 g/mol. The van der Waals surface area contributed by atoms with Crippen molar-refractivity contribution in [1.82, 2.24) is 0 Å². The van der Waals surface area contributed by atoms with E-state index in [0.717, 1.165) is 27.8 Å². The Bertz CT molecular complexity index is 638. The monoisotopic (exact) mass is 292 g/mol. The van der Waals surface area contributed by atoms with E-state index in [1.54, 1.807) is 6.07 Å². The lowest BCUT2D eigenvalue weighted by atomic mass is 9.88. The van der Waals surface area contributed by atoms with Crippen LogP contribution in [-0.4, -0.2) is 5.11 Å². The zero-order valence-corrected chi connectivity index (χ0v) is 12.8. The van der Waals surface area contributed by atoms with Crippen LogP contribution in [0.2, 0.25) is 5.02 Å². The topological polar surface area (TPSA) is 20.2 Å². The Kier molecular flexibility index (Phi) is 4.17. The molecule has 0 fully saturated rings. The summed E-state index contributed by atoms with van der Waals surface area (Å²) in [5.41, 5.74) is 5.73. The van der Waals surface area contributed by atoms with Gasteiger partial charge in [-0.15, -0.1) is 0 Å². The second-order valence-corrected chi connectivity index (χ2v) is 5.65. The summed E-state index contributed by atoms with van der Waals surface area (Å²) < 4.78 is 13.1. The van der Waals surface area contributed by atoms with Crippen molar-refractivity contribution in [1.29, 1.82) is 0 Å². The van der Waals surface area contributed by atoms with Gasteiger partial charge in [0.05, 0.1) is 0 Å². The van der Waals surface area contributed by atoms with E-state index in [1.807, 2.05) is 27.7 Å². The van der Waals surface area contributed by atoms with E-state index in [0.29, 0.717) is 5.56 Å². The second-order valence-electron chi connectivity index (χ2n) is 5.24. The van der Waals surface area contributed by atoms with Crippen LogP contribution in [0, 0.1) is 33.5 Å². The zero-order chi connectivity index (χ0) is 15.0. The molecule has 0 spiro atoms. The number of aliphatic hydroxyl groups is 1. The number of benzene rings is 2. The van der Waals surface area contributed by atoms with E-state index in [2.05, 4.69) is 6.07 Å². The molecule has 0 aromatic heterocycles. The van der Waals surface area contributed by atoms with Crippen molar-refractivity contribution in [2.24, 2.45) is 0 Å². The van der Waals surface area contributed by atoms with Gasteiger partial charge in [0.2, 0.25) is 0 Å². The molecule has 1 unspecified atom stereocenters. The van der Waals surface area contributed by atoms with Crippen LogP contribution in [0.4, 0.5) is 4.39 Å². The van der Waals surface area contributed by atoms with Crippen molar-refractivity contribution in [3.8, 4) is 0 Å². The van der Waals surface area contributed by atoms with Crippen molar-refractivity contribution in [3.63, 3.8) is 0 Å². The van der Waals surface area contributed by atoms with Crippen LogP contribution in [0.1, 0.15) is 39.5 Å². The fourth-order valence-corrected chi connectivity index (χ4v) is 2.81. The highest BCUT2D eigenvalue weighted by molar-refractivity contribution is 6.31. The smallest absolute Gasteiger partial charge is 0.124 e. The van der Waals surface area contributed by atoms with Crippen molar-refractivity contribution < 1.29 is 9.50 Å². The standard InChI is InChI=1S/C17H18ClFO/c1-9-7-10(2)12(4)16(11(9)3)17(20)14-6-5-13(19)8-15(14)18/h5-8,17,20H,1-4H3. The van der Waals surface area contributed by atoms with E-state index in [4.69, 9.17) is 11.6 Å². The summed E-state index contributed by atoms with van der Waals surface area (Å²) in [6, 6.07) is 6.19. The Labute approximate surface area is 124 Å². The molecule has 20 heavy (non-hydrogen) atoms. The predicted octanol–water partition coefficient (Wildman–Crippen LogP) is 4.79. The van der Waals surface area contributed by atoms with E-state index in [1.165, 1.54) is 12.1 Å². The maximum Gasteiger partial charge on any atom is 0.124 e. The van der Waals surface area contributed by atoms with Gasteiger partial charge in [-0.25, -0.2) is 4.39 Å². The molecule has 1 nitrogen and oxygen atoms in total. The third-order valence-corrected chi connectivity index (χ3v) is 4.28. The molecule has 0 heterocycles. The van der Waals surface area contributed by atoms with Gasteiger partial charge in [-0.05, 0) is 67.6 Å². The lowest BCUT2D eigenvalue weighted by molar-refractivity contribution is 0.218. The van der Waals surface area contributed by atoms with Crippen LogP contribution in [-0.2, 0) is 0 Å². The highest BCUT2D eigenvalue weighted by atomic mass is 35.5. The van der Waals surface area contributed by atoms with Crippen LogP contribution in [0.3, 0.4) is 0 Å². The van der Waals surface area contributed by atoms with Gasteiger partial charge in [-0.3, -0.25) is 0 Å². The largest absolute Gasteiger partial charge is 0.384 e. The summed E-state index contributed by atoms with van der Waals surface area (Å²) in [6.45, 7) is 8.00. The molecular formula is C17H18ClFO. The number of rotatable bonds is 2. The van der Waals surface area contributed by atoms with Gasteiger partial charge in [0.1, 0.15) is 11.9 Å². The maximum atomic E-state index is 13.1. The Hall–Kier alpha value is -1.38. The normalized spacial score (nSPS) is 12.6. The predicted molar refractivity (Wildman–Crippen MR) is 80.9 cm³/mol. The molecule has 0 aliphatic carbocycles.